The third-order valence-electron chi connectivity index (χ3n) is 3.87. The molecule has 0 saturated carbocycles. The van der Waals surface area contributed by atoms with Crippen LogP contribution in [0.2, 0.25) is 0 Å². The Morgan fingerprint density at radius 2 is 2.00 bits per heavy atom. The van der Waals surface area contributed by atoms with Crippen molar-refractivity contribution in [3.05, 3.63) is 35.9 Å². The van der Waals surface area contributed by atoms with Crippen molar-refractivity contribution in [3.63, 3.8) is 0 Å². The van der Waals surface area contributed by atoms with Crippen LogP contribution in [0.3, 0.4) is 0 Å². The average Bonchev–Trinajstić information content (AvgIpc) is 2.65. The van der Waals surface area contributed by atoms with Gasteiger partial charge in [-0.2, -0.15) is 0 Å². The summed E-state index contributed by atoms with van der Waals surface area (Å²) in [7, 11) is 0. The summed E-state index contributed by atoms with van der Waals surface area (Å²) in [5.74, 6) is 0.771. The molecule has 0 radical (unpaired) electrons. The van der Waals surface area contributed by atoms with Gasteiger partial charge in [-0.25, -0.2) is 0 Å². The minimum Gasteiger partial charge on any atom is -0.299 e. The zero-order valence-corrected chi connectivity index (χ0v) is 11.3. The van der Waals surface area contributed by atoms with Crippen LogP contribution in [0.1, 0.15) is 38.2 Å². The maximum absolute atomic E-state index is 11.8. The van der Waals surface area contributed by atoms with E-state index in [0.29, 0.717) is 18.1 Å². The number of benzene rings is 1. The Hall–Kier alpha value is -1.15. The molecule has 1 aromatic rings. The lowest BCUT2D eigenvalue weighted by molar-refractivity contribution is -0.122. The first-order valence-corrected chi connectivity index (χ1v) is 7.08. The zero-order valence-electron chi connectivity index (χ0n) is 11.3. The molecule has 0 spiro atoms. The summed E-state index contributed by atoms with van der Waals surface area (Å²) in [5.41, 5.74) is 1.37. The molecule has 1 atom stereocenters. The molecule has 2 heteroatoms. The molecular formula is C16H23NO. The Morgan fingerprint density at radius 3 is 2.72 bits per heavy atom. The summed E-state index contributed by atoms with van der Waals surface area (Å²) >= 11 is 0. The molecule has 2 nitrogen and oxygen atoms in total. The van der Waals surface area contributed by atoms with Crippen LogP contribution in [0.15, 0.2) is 30.3 Å². The summed E-state index contributed by atoms with van der Waals surface area (Å²) in [4.78, 5) is 14.3. The number of carbonyl (C=O) groups is 1. The van der Waals surface area contributed by atoms with E-state index < -0.39 is 0 Å². The number of hydrogen-bond acceptors (Lipinski definition) is 2. The zero-order chi connectivity index (χ0) is 12.8. The molecule has 0 N–H and O–H groups in total. The van der Waals surface area contributed by atoms with Crippen molar-refractivity contribution in [2.24, 2.45) is 5.92 Å². The van der Waals surface area contributed by atoms with E-state index in [0.717, 1.165) is 38.9 Å². The van der Waals surface area contributed by atoms with Crippen LogP contribution in [-0.4, -0.2) is 23.8 Å². The molecule has 0 aliphatic carbocycles. The van der Waals surface area contributed by atoms with Gasteiger partial charge in [0.25, 0.3) is 0 Å². The molecule has 1 aromatic carbocycles. The Balaban J connectivity index is 1.87. The second kappa shape index (κ2) is 6.69. The van der Waals surface area contributed by atoms with E-state index in [1.165, 1.54) is 5.56 Å². The van der Waals surface area contributed by atoms with Gasteiger partial charge < -0.3 is 0 Å². The molecule has 0 aromatic heterocycles. The number of hydrogen-bond donors (Lipinski definition) is 0. The third kappa shape index (κ3) is 3.67. The van der Waals surface area contributed by atoms with E-state index in [9.17, 15) is 4.79 Å². The summed E-state index contributed by atoms with van der Waals surface area (Å²) in [6, 6.07) is 10.6. The van der Waals surface area contributed by atoms with Crippen LogP contribution in [-0.2, 0) is 11.3 Å². The van der Waals surface area contributed by atoms with Crippen LogP contribution in [0.25, 0.3) is 0 Å². The van der Waals surface area contributed by atoms with Crippen molar-refractivity contribution < 1.29 is 4.79 Å². The van der Waals surface area contributed by atoms with E-state index in [-0.39, 0.29) is 0 Å². The van der Waals surface area contributed by atoms with Crippen molar-refractivity contribution in [3.8, 4) is 0 Å². The van der Waals surface area contributed by atoms with Gasteiger partial charge in [-0.1, -0.05) is 37.3 Å². The lowest BCUT2D eigenvalue weighted by Crippen LogP contribution is -2.24. The van der Waals surface area contributed by atoms with Crippen LogP contribution < -0.4 is 0 Å². The highest BCUT2D eigenvalue weighted by atomic mass is 16.1. The topological polar surface area (TPSA) is 20.3 Å². The summed E-state index contributed by atoms with van der Waals surface area (Å²) in [6.45, 7) is 5.19. The molecule has 1 aliphatic heterocycles. The van der Waals surface area contributed by atoms with Crippen molar-refractivity contribution in [2.45, 2.75) is 39.2 Å². The molecule has 1 heterocycles. The van der Waals surface area contributed by atoms with Gasteiger partial charge in [0.05, 0.1) is 0 Å². The highest BCUT2D eigenvalue weighted by Gasteiger charge is 2.21. The largest absolute Gasteiger partial charge is 0.299 e. The number of ketones is 1. The maximum atomic E-state index is 11.8. The van der Waals surface area contributed by atoms with E-state index in [2.05, 4.69) is 35.2 Å². The monoisotopic (exact) mass is 245 g/mol. The fourth-order valence-electron chi connectivity index (χ4n) is 2.77. The van der Waals surface area contributed by atoms with Gasteiger partial charge in [0.1, 0.15) is 5.78 Å². The predicted molar refractivity (Wildman–Crippen MR) is 74.4 cm³/mol. The molecule has 1 fully saturated rings. The van der Waals surface area contributed by atoms with Crippen molar-refractivity contribution in [1.29, 1.82) is 0 Å². The van der Waals surface area contributed by atoms with Crippen LogP contribution in [0.4, 0.5) is 0 Å². The Kier molecular flexibility index (Phi) is 4.94. The number of rotatable bonds is 4. The quantitative estimate of drug-likeness (QED) is 0.811. The predicted octanol–water partition coefficient (Wildman–Crippen LogP) is 3.27. The smallest absolute Gasteiger partial charge is 0.135 e. The molecule has 0 amide bonds. The van der Waals surface area contributed by atoms with Crippen LogP contribution >= 0.6 is 0 Å². The number of carbonyl (C=O) groups excluding carboxylic acids is 1. The fraction of sp³-hybridized carbons (Fsp3) is 0.562. The first kappa shape index (κ1) is 13.3. The van der Waals surface area contributed by atoms with E-state index in [4.69, 9.17) is 0 Å². The molecule has 2 rings (SSSR count). The van der Waals surface area contributed by atoms with Crippen molar-refractivity contribution >= 4 is 5.78 Å². The number of Topliss-reactive ketones (excluding diaryl/α,β-unsaturated/α-hetero) is 1. The second-order valence-electron chi connectivity index (χ2n) is 5.21. The average molecular weight is 245 g/mol. The minimum atomic E-state index is 0.316. The molecule has 0 bridgehead atoms. The molecule has 1 unspecified atom stereocenters. The minimum absolute atomic E-state index is 0.316. The van der Waals surface area contributed by atoms with E-state index in [1.54, 1.807) is 0 Å². The van der Waals surface area contributed by atoms with Crippen LogP contribution in [0, 0.1) is 5.92 Å². The van der Waals surface area contributed by atoms with E-state index in [1.807, 2.05) is 6.92 Å². The SMILES string of the molecule is CCC(=O)C1CCCN(Cc2ccccc2)CC1. The number of likely N-dealkylation sites (tertiary alicyclic amines) is 1. The fourth-order valence-corrected chi connectivity index (χ4v) is 2.77. The lowest BCUT2D eigenvalue weighted by Gasteiger charge is -2.20. The van der Waals surface area contributed by atoms with Crippen molar-refractivity contribution in [1.82, 2.24) is 4.90 Å². The van der Waals surface area contributed by atoms with Gasteiger partial charge in [0.15, 0.2) is 0 Å². The third-order valence-corrected chi connectivity index (χ3v) is 3.87. The number of nitrogens with zero attached hydrogens (tertiary/aromatic N) is 1. The summed E-state index contributed by atoms with van der Waals surface area (Å²) in [5, 5.41) is 0. The highest BCUT2D eigenvalue weighted by Crippen LogP contribution is 2.20. The van der Waals surface area contributed by atoms with Gasteiger partial charge in [0, 0.05) is 18.9 Å². The van der Waals surface area contributed by atoms with Gasteiger partial charge in [-0.3, -0.25) is 9.69 Å². The Bertz CT molecular complexity index is 374. The first-order valence-electron chi connectivity index (χ1n) is 7.08. The molecule has 1 saturated heterocycles. The summed E-state index contributed by atoms with van der Waals surface area (Å²) in [6.07, 6.45) is 3.98. The molecule has 18 heavy (non-hydrogen) atoms. The van der Waals surface area contributed by atoms with Crippen molar-refractivity contribution in [2.75, 3.05) is 13.1 Å². The van der Waals surface area contributed by atoms with Gasteiger partial charge in [-0.05, 0) is 37.9 Å². The van der Waals surface area contributed by atoms with Gasteiger partial charge in [0.2, 0.25) is 0 Å². The standard InChI is InChI=1S/C16H23NO/c1-2-16(18)15-9-6-11-17(12-10-15)13-14-7-4-3-5-8-14/h3-5,7-8,15H,2,6,9-13H2,1H3. The van der Waals surface area contributed by atoms with Gasteiger partial charge in [-0.15, -0.1) is 0 Å². The Labute approximate surface area is 110 Å². The highest BCUT2D eigenvalue weighted by molar-refractivity contribution is 5.80. The van der Waals surface area contributed by atoms with Gasteiger partial charge >= 0.3 is 0 Å². The van der Waals surface area contributed by atoms with Crippen LogP contribution in [0.5, 0.6) is 0 Å². The maximum Gasteiger partial charge on any atom is 0.135 e. The molecule has 98 valence electrons. The lowest BCUT2D eigenvalue weighted by atomic mass is 9.94. The Morgan fingerprint density at radius 1 is 1.22 bits per heavy atom. The van der Waals surface area contributed by atoms with E-state index >= 15 is 0 Å². The second-order valence-corrected chi connectivity index (χ2v) is 5.21. The summed E-state index contributed by atoms with van der Waals surface area (Å²) < 4.78 is 0. The molecular weight excluding hydrogens is 222 g/mol. The normalized spacial score (nSPS) is 21.5. The first-order chi connectivity index (χ1) is 8.79. The molecule has 1 aliphatic rings.